The van der Waals surface area contributed by atoms with Gasteiger partial charge in [0.25, 0.3) is 0 Å². The smallest absolute Gasteiger partial charge is 0.244 e. The number of benzene rings is 1. The lowest BCUT2D eigenvalue weighted by Gasteiger charge is -2.15. The predicted octanol–water partition coefficient (Wildman–Crippen LogP) is 2.12. The van der Waals surface area contributed by atoms with Crippen LogP contribution < -0.4 is 10.1 Å². The summed E-state index contributed by atoms with van der Waals surface area (Å²) in [7, 11) is 1.40. The van der Waals surface area contributed by atoms with Gasteiger partial charge in [-0.1, -0.05) is 6.07 Å². The lowest BCUT2D eigenvalue weighted by molar-refractivity contribution is -0.117. The molecule has 1 atom stereocenters. The fourth-order valence-corrected chi connectivity index (χ4v) is 2.25. The quantitative estimate of drug-likeness (QED) is 0.757. The van der Waals surface area contributed by atoms with E-state index in [1.807, 2.05) is 0 Å². The highest BCUT2D eigenvalue weighted by Gasteiger charge is 2.31. The van der Waals surface area contributed by atoms with Crippen LogP contribution >= 0.6 is 0 Å². The van der Waals surface area contributed by atoms with E-state index in [0.717, 1.165) is 12.8 Å². The van der Waals surface area contributed by atoms with E-state index >= 15 is 0 Å². The number of halogens is 1. The number of aliphatic hydroxyl groups is 1. The molecule has 1 aromatic rings. The third kappa shape index (κ3) is 4.56. The Morgan fingerprint density at radius 1 is 1.57 bits per heavy atom. The number of carbonyl (C=O) groups is 1. The van der Waals surface area contributed by atoms with Gasteiger partial charge < -0.3 is 15.2 Å². The molecule has 4 nitrogen and oxygen atoms in total. The molecule has 2 N–H and O–H groups in total. The molecule has 5 heteroatoms. The van der Waals surface area contributed by atoms with Gasteiger partial charge in [-0.25, -0.2) is 4.39 Å². The van der Waals surface area contributed by atoms with Gasteiger partial charge in [0.15, 0.2) is 11.6 Å². The summed E-state index contributed by atoms with van der Waals surface area (Å²) in [6.45, 7) is 0.0643. The maximum Gasteiger partial charge on any atom is 0.244 e. The third-order valence-electron chi connectivity index (χ3n) is 3.56. The molecule has 0 aliphatic heterocycles. The number of hydrogen-bond acceptors (Lipinski definition) is 3. The Morgan fingerprint density at radius 3 is 2.90 bits per heavy atom. The van der Waals surface area contributed by atoms with Gasteiger partial charge >= 0.3 is 0 Å². The molecule has 1 aliphatic rings. The summed E-state index contributed by atoms with van der Waals surface area (Å²) >= 11 is 0. The molecule has 0 saturated heterocycles. The highest BCUT2D eigenvalue weighted by atomic mass is 19.1. The summed E-state index contributed by atoms with van der Waals surface area (Å²) in [6.07, 6.45) is 5.70. The number of rotatable bonds is 7. The summed E-state index contributed by atoms with van der Waals surface area (Å²) in [6, 6.07) is 4.54. The molecule has 1 aliphatic carbocycles. The first kappa shape index (κ1) is 15.5. The SMILES string of the molecule is COc1ccc(/C=C/C(=O)NC(CCO)C2CC2)cc1F. The number of carbonyl (C=O) groups excluding carboxylic acids is 1. The minimum atomic E-state index is -0.462. The maximum atomic E-state index is 13.5. The Labute approximate surface area is 123 Å². The van der Waals surface area contributed by atoms with Crippen molar-refractivity contribution in [3.05, 3.63) is 35.7 Å². The molecule has 0 aromatic heterocycles. The maximum absolute atomic E-state index is 13.5. The van der Waals surface area contributed by atoms with E-state index < -0.39 is 5.82 Å². The van der Waals surface area contributed by atoms with Crippen LogP contribution in [0.1, 0.15) is 24.8 Å². The van der Waals surface area contributed by atoms with Crippen molar-refractivity contribution in [2.45, 2.75) is 25.3 Å². The van der Waals surface area contributed by atoms with Crippen molar-refractivity contribution in [3.63, 3.8) is 0 Å². The molecule has 0 radical (unpaired) electrons. The highest BCUT2D eigenvalue weighted by Crippen LogP contribution is 2.33. The van der Waals surface area contributed by atoms with Crippen LogP contribution in [0.3, 0.4) is 0 Å². The molecular weight excluding hydrogens is 273 g/mol. The molecule has 0 bridgehead atoms. The molecule has 1 unspecified atom stereocenters. The van der Waals surface area contributed by atoms with Crippen molar-refractivity contribution in [1.29, 1.82) is 0 Å². The molecule has 1 amide bonds. The van der Waals surface area contributed by atoms with Gasteiger partial charge in [0.2, 0.25) is 5.91 Å². The largest absolute Gasteiger partial charge is 0.494 e. The minimum Gasteiger partial charge on any atom is -0.494 e. The molecular formula is C16H20FNO3. The zero-order chi connectivity index (χ0) is 15.2. The van der Waals surface area contributed by atoms with Crippen LogP contribution in [0.15, 0.2) is 24.3 Å². The van der Waals surface area contributed by atoms with Crippen LogP contribution in [0.2, 0.25) is 0 Å². The second-order valence-electron chi connectivity index (χ2n) is 5.19. The minimum absolute atomic E-state index is 0.0275. The van der Waals surface area contributed by atoms with E-state index in [0.29, 0.717) is 17.9 Å². The zero-order valence-electron chi connectivity index (χ0n) is 12.0. The average molecular weight is 293 g/mol. The van der Waals surface area contributed by atoms with Crippen LogP contribution in [-0.4, -0.2) is 30.8 Å². The van der Waals surface area contributed by atoms with Gasteiger partial charge in [0, 0.05) is 18.7 Å². The fourth-order valence-electron chi connectivity index (χ4n) is 2.25. The number of methoxy groups -OCH3 is 1. The first-order valence-electron chi connectivity index (χ1n) is 7.07. The monoisotopic (exact) mass is 293 g/mol. The van der Waals surface area contributed by atoms with Crippen LogP contribution in [-0.2, 0) is 4.79 Å². The van der Waals surface area contributed by atoms with Crippen molar-refractivity contribution in [1.82, 2.24) is 5.32 Å². The van der Waals surface area contributed by atoms with E-state index in [2.05, 4.69) is 5.32 Å². The Bertz CT molecular complexity index is 526. The van der Waals surface area contributed by atoms with Gasteiger partial charge in [0.1, 0.15) is 0 Å². The van der Waals surface area contributed by atoms with Crippen LogP contribution in [0.4, 0.5) is 4.39 Å². The van der Waals surface area contributed by atoms with Gasteiger partial charge in [-0.2, -0.15) is 0 Å². The normalized spacial score (nSPS) is 16.0. The topological polar surface area (TPSA) is 58.6 Å². The Kier molecular flexibility index (Phi) is 5.33. The number of aliphatic hydroxyl groups excluding tert-OH is 1. The lowest BCUT2D eigenvalue weighted by Crippen LogP contribution is -2.36. The van der Waals surface area contributed by atoms with Gasteiger partial charge in [-0.3, -0.25) is 4.79 Å². The van der Waals surface area contributed by atoms with Crippen molar-refractivity contribution in [3.8, 4) is 5.75 Å². The molecule has 114 valence electrons. The van der Waals surface area contributed by atoms with E-state index in [9.17, 15) is 9.18 Å². The lowest BCUT2D eigenvalue weighted by atomic mass is 10.1. The molecule has 2 rings (SSSR count). The van der Waals surface area contributed by atoms with E-state index in [1.165, 1.54) is 25.3 Å². The highest BCUT2D eigenvalue weighted by molar-refractivity contribution is 5.91. The van der Waals surface area contributed by atoms with Crippen molar-refractivity contribution < 1.29 is 19.0 Å². The van der Waals surface area contributed by atoms with Gasteiger partial charge in [0.05, 0.1) is 7.11 Å². The number of hydrogen-bond donors (Lipinski definition) is 2. The summed E-state index contributed by atoms with van der Waals surface area (Å²) < 4.78 is 18.3. The average Bonchev–Trinajstić information content (AvgIpc) is 3.29. The molecule has 21 heavy (non-hydrogen) atoms. The second-order valence-corrected chi connectivity index (χ2v) is 5.19. The first-order chi connectivity index (χ1) is 10.1. The Morgan fingerprint density at radius 2 is 2.33 bits per heavy atom. The molecule has 0 heterocycles. The molecule has 1 aromatic carbocycles. The van der Waals surface area contributed by atoms with Crippen molar-refractivity contribution in [2.75, 3.05) is 13.7 Å². The van der Waals surface area contributed by atoms with Crippen LogP contribution in [0.5, 0.6) is 5.75 Å². The van der Waals surface area contributed by atoms with E-state index in [1.54, 1.807) is 12.1 Å². The molecule has 1 fully saturated rings. The standard InChI is InChI=1S/C16H20FNO3/c1-21-15-6-2-11(10-13(15)17)3-7-16(20)18-14(8-9-19)12-4-5-12/h2-3,6-7,10,12,14,19H,4-5,8-9H2,1H3,(H,18,20)/b7-3+. The molecule has 1 saturated carbocycles. The summed E-state index contributed by atoms with van der Waals surface area (Å²) in [5, 5.41) is 11.9. The van der Waals surface area contributed by atoms with E-state index in [-0.39, 0.29) is 24.3 Å². The van der Waals surface area contributed by atoms with Crippen molar-refractivity contribution >= 4 is 12.0 Å². The number of ether oxygens (including phenoxy) is 1. The number of nitrogens with one attached hydrogen (secondary N) is 1. The van der Waals surface area contributed by atoms with Gasteiger partial charge in [-0.05, 0) is 49.0 Å². The van der Waals surface area contributed by atoms with Crippen LogP contribution in [0, 0.1) is 11.7 Å². The van der Waals surface area contributed by atoms with Gasteiger partial charge in [-0.15, -0.1) is 0 Å². The van der Waals surface area contributed by atoms with E-state index in [4.69, 9.17) is 9.84 Å². The Hall–Kier alpha value is -1.88. The Balaban J connectivity index is 1.93. The predicted molar refractivity (Wildman–Crippen MR) is 78.3 cm³/mol. The number of amides is 1. The second kappa shape index (κ2) is 7.22. The first-order valence-corrected chi connectivity index (χ1v) is 7.07. The summed E-state index contributed by atoms with van der Waals surface area (Å²) in [5.41, 5.74) is 0.591. The zero-order valence-corrected chi connectivity index (χ0v) is 12.0. The van der Waals surface area contributed by atoms with Crippen LogP contribution in [0.25, 0.3) is 6.08 Å². The summed E-state index contributed by atoms with van der Waals surface area (Å²) in [4.78, 5) is 11.8. The third-order valence-corrected chi connectivity index (χ3v) is 3.56. The van der Waals surface area contributed by atoms with Crippen molar-refractivity contribution in [2.24, 2.45) is 5.92 Å². The fraction of sp³-hybridized carbons (Fsp3) is 0.438. The summed E-state index contributed by atoms with van der Waals surface area (Å²) in [5.74, 6) is -0.0333. The molecule has 0 spiro atoms.